The normalized spacial score (nSPS) is 21.5. The summed E-state index contributed by atoms with van der Waals surface area (Å²) >= 11 is 0. The number of nitrogens with one attached hydrogen (secondary N) is 1. The monoisotopic (exact) mass is 238 g/mol. The molecule has 0 radical (unpaired) electrons. The Balaban J connectivity index is 2.02. The Hall–Kier alpha value is -1.13. The quantitative estimate of drug-likeness (QED) is 0.841. The molecule has 1 aromatic carbocycles. The van der Waals surface area contributed by atoms with E-state index in [0.29, 0.717) is 5.92 Å². The van der Waals surface area contributed by atoms with Gasteiger partial charge in [-0.2, -0.15) is 0 Å². The van der Waals surface area contributed by atoms with E-state index < -0.39 is 0 Å². The van der Waals surface area contributed by atoms with Crippen LogP contribution in [0.15, 0.2) is 18.2 Å². The van der Waals surface area contributed by atoms with E-state index in [1.54, 1.807) is 6.07 Å². The van der Waals surface area contributed by atoms with Crippen molar-refractivity contribution in [3.63, 3.8) is 0 Å². The Labute approximate surface area is 101 Å². The van der Waals surface area contributed by atoms with Crippen molar-refractivity contribution >= 4 is 0 Å². The van der Waals surface area contributed by atoms with Gasteiger partial charge in [0.15, 0.2) is 11.6 Å². The molecule has 0 aliphatic carbocycles. The number of methoxy groups -OCH3 is 1. The fourth-order valence-corrected chi connectivity index (χ4v) is 2.32. The van der Waals surface area contributed by atoms with E-state index in [4.69, 9.17) is 10.5 Å². The summed E-state index contributed by atoms with van der Waals surface area (Å²) in [6.07, 6.45) is 2.06. The topological polar surface area (TPSA) is 47.3 Å². The summed E-state index contributed by atoms with van der Waals surface area (Å²) < 4.78 is 18.4. The summed E-state index contributed by atoms with van der Waals surface area (Å²) in [7, 11) is 1.46. The first-order valence-corrected chi connectivity index (χ1v) is 6.00. The highest BCUT2D eigenvalue weighted by atomic mass is 19.1. The Morgan fingerprint density at radius 2 is 2.41 bits per heavy atom. The second-order valence-corrected chi connectivity index (χ2v) is 4.60. The van der Waals surface area contributed by atoms with E-state index in [0.717, 1.165) is 31.5 Å². The molecule has 1 aliphatic heterocycles. The number of hydrogen-bond acceptors (Lipinski definition) is 3. The van der Waals surface area contributed by atoms with Crippen molar-refractivity contribution in [1.29, 1.82) is 0 Å². The van der Waals surface area contributed by atoms with Gasteiger partial charge in [0.25, 0.3) is 0 Å². The van der Waals surface area contributed by atoms with E-state index in [9.17, 15) is 4.39 Å². The summed E-state index contributed by atoms with van der Waals surface area (Å²) in [4.78, 5) is 0. The van der Waals surface area contributed by atoms with Crippen LogP contribution in [0.1, 0.15) is 24.4 Å². The van der Waals surface area contributed by atoms with Gasteiger partial charge in [-0.25, -0.2) is 4.39 Å². The second kappa shape index (κ2) is 5.47. The Kier molecular flexibility index (Phi) is 3.97. The third-order valence-electron chi connectivity index (χ3n) is 3.35. The van der Waals surface area contributed by atoms with Crippen molar-refractivity contribution in [2.24, 2.45) is 11.7 Å². The number of ether oxygens (including phenoxy) is 1. The molecule has 3 N–H and O–H groups in total. The van der Waals surface area contributed by atoms with Gasteiger partial charge in [0.05, 0.1) is 7.11 Å². The highest BCUT2D eigenvalue weighted by Gasteiger charge is 2.19. The van der Waals surface area contributed by atoms with E-state index >= 15 is 0 Å². The lowest BCUT2D eigenvalue weighted by Crippen LogP contribution is -2.17. The van der Waals surface area contributed by atoms with Gasteiger partial charge in [0.2, 0.25) is 0 Å². The molecule has 4 heteroatoms. The summed E-state index contributed by atoms with van der Waals surface area (Å²) in [6.45, 7) is 2.08. The first-order chi connectivity index (χ1) is 8.20. The lowest BCUT2D eigenvalue weighted by atomic mass is 9.94. The van der Waals surface area contributed by atoms with Crippen LogP contribution in [0.5, 0.6) is 5.75 Å². The Morgan fingerprint density at radius 3 is 3.00 bits per heavy atom. The number of benzene rings is 1. The van der Waals surface area contributed by atoms with E-state index in [1.807, 2.05) is 6.07 Å². The van der Waals surface area contributed by atoms with Crippen LogP contribution in [-0.4, -0.2) is 20.2 Å². The van der Waals surface area contributed by atoms with Gasteiger partial charge in [-0.3, -0.25) is 0 Å². The number of halogens is 1. The first kappa shape index (κ1) is 12.3. The van der Waals surface area contributed by atoms with Crippen LogP contribution >= 0.6 is 0 Å². The van der Waals surface area contributed by atoms with Crippen molar-refractivity contribution in [2.75, 3.05) is 20.2 Å². The van der Waals surface area contributed by atoms with Gasteiger partial charge in [-0.1, -0.05) is 6.07 Å². The van der Waals surface area contributed by atoms with Crippen LogP contribution < -0.4 is 15.8 Å². The highest BCUT2D eigenvalue weighted by molar-refractivity contribution is 5.30. The van der Waals surface area contributed by atoms with Crippen molar-refractivity contribution in [1.82, 2.24) is 5.32 Å². The molecule has 2 atom stereocenters. The van der Waals surface area contributed by atoms with Gasteiger partial charge in [-0.15, -0.1) is 0 Å². The molecule has 94 valence electrons. The predicted molar refractivity (Wildman–Crippen MR) is 65.5 cm³/mol. The maximum Gasteiger partial charge on any atom is 0.165 e. The minimum atomic E-state index is -0.343. The molecule has 2 rings (SSSR count). The molecule has 1 saturated heterocycles. The third kappa shape index (κ3) is 2.96. The van der Waals surface area contributed by atoms with Crippen molar-refractivity contribution in [3.8, 4) is 5.75 Å². The van der Waals surface area contributed by atoms with Crippen molar-refractivity contribution < 1.29 is 9.13 Å². The molecule has 0 bridgehead atoms. The molecule has 1 aliphatic rings. The van der Waals surface area contributed by atoms with Gasteiger partial charge in [0, 0.05) is 6.04 Å². The molecule has 3 nitrogen and oxygen atoms in total. The molecule has 0 spiro atoms. The SMILES string of the molecule is COc1ccc(C(N)CC2CCNC2)cc1F. The van der Waals surface area contributed by atoms with Crippen LogP contribution in [0.25, 0.3) is 0 Å². The van der Waals surface area contributed by atoms with Crippen LogP contribution in [0, 0.1) is 11.7 Å². The van der Waals surface area contributed by atoms with Gasteiger partial charge >= 0.3 is 0 Å². The maximum absolute atomic E-state index is 13.5. The molecule has 0 saturated carbocycles. The van der Waals surface area contributed by atoms with Crippen LogP contribution in [-0.2, 0) is 0 Å². The minimum Gasteiger partial charge on any atom is -0.494 e. The summed E-state index contributed by atoms with van der Waals surface area (Å²) in [5.74, 6) is 0.531. The average Bonchev–Trinajstić information content (AvgIpc) is 2.81. The number of hydrogen-bond donors (Lipinski definition) is 2. The fraction of sp³-hybridized carbons (Fsp3) is 0.538. The lowest BCUT2D eigenvalue weighted by molar-refractivity contribution is 0.385. The largest absolute Gasteiger partial charge is 0.494 e. The summed E-state index contributed by atoms with van der Waals surface area (Å²) in [5, 5.41) is 3.31. The highest BCUT2D eigenvalue weighted by Crippen LogP contribution is 2.26. The van der Waals surface area contributed by atoms with Crippen molar-refractivity contribution in [3.05, 3.63) is 29.6 Å². The standard InChI is InChI=1S/C13H19FN2O/c1-17-13-3-2-10(7-11(13)14)12(15)6-9-4-5-16-8-9/h2-3,7,9,12,16H,4-6,8,15H2,1H3. The molecule has 1 fully saturated rings. The zero-order chi connectivity index (χ0) is 12.3. The fourth-order valence-electron chi connectivity index (χ4n) is 2.32. The zero-order valence-corrected chi connectivity index (χ0v) is 10.1. The van der Waals surface area contributed by atoms with E-state index in [1.165, 1.54) is 13.2 Å². The van der Waals surface area contributed by atoms with E-state index in [-0.39, 0.29) is 17.6 Å². The minimum absolute atomic E-state index is 0.0969. The molecule has 1 aromatic rings. The van der Waals surface area contributed by atoms with Gasteiger partial charge in [-0.05, 0) is 49.5 Å². The molecular weight excluding hydrogens is 219 g/mol. The molecule has 0 aromatic heterocycles. The zero-order valence-electron chi connectivity index (χ0n) is 10.1. The summed E-state index contributed by atoms with van der Waals surface area (Å²) in [6, 6.07) is 4.86. The van der Waals surface area contributed by atoms with E-state index in [2.05, 4.69) is 5.32 Å². The smallest absolute Gasteiger partial charge is 0.165 e. The van der Waals surface area contributed by atoms with Gasteiger partial charge < -0.3 is 15.8 Å². The Morgan fingerprint density at radius 1 is 1.59 bits per heavy atom. The molecule has 0 amide bonds. The van der Waals surface area contributed by atoms with Crippen LogP contribution in [0.3, 0.4) is 0 Å². The first-order valence-electron chi connectivity index (χ1n) is 6.00. The number of rotatable bonds is 4. The average molecular weight is 238 g/mol. The Bertz CT molecular complexity index is 378. The van der Waals surface area contributed by atoms with Gasteiger partial charge in [0.1, 0.15) is 0 Å². The third-order valence-corrected chi connectivity index (χ3v) is 3.35. The maximum atomic E-state index is 13.5. The van der Waals surface area contributed by atoms with Crippen molar-refractivity contribution in [2.45, 2.75) is 18.9 Å². The number of nitrogens with two attached hydrogens (primary N) is 1. The second-order valence-electron chi connectivity index (χ2n) is 4.60. The van der Waals surface area contributed by atoms with Crippen LogP contribution in [0.4, 0.5) is 4.39 Å². The molecule has 17 heavy (non-hydrogen) atoms. The van der Waals surface area contributed by atoms with Crippen LogP contribution in [0.2, 0.25) is 0 Å². The molecular formula is C13H19FN2O. The molecule has 1 heterocycles. The lowest BCUT2D eigenvalue weighted by Gasteiger charge is -2.16. The summed E-state index contributed by atoms with van der Waals surface area (Å²) in [5.41, 5.74) is 6.94. The molecule has 2 unspecified atom stereocenters. The predicted octanol–water partition coefficient (Wildman–Crippen LogP) is 1.83.